The number of hydrogen-bond donors (Lipinski definition) is 1. The molecule has 0 saturated carbocycles. The van der Waals surface area contributed by atoms with Crippen LogP contribution in [0.25, 0.3) is 32.0 Å². The molecule has 36 heavy (non-hydrogen) atoms. The topological polar surface area (TPSA) is 81.2 Å². The van der Waals surface area contributed by atoms with E-state index in [1.54, 1.807) is 31.2 Å². The van der Waals surface area contributed by atoms with Crippen molar-refractivity contribution in [1.82, 2.24) is 9.97 Å². The zero-order chi connectivity index (χ0) is 25.1. The minimum absolute atomic E-state index is 0.316. The van der Waals surface area contributed by atoms with Gasteiger partial charge in [-0.25, -0.2) is 14.8 Å². The SMILES string of the molecule is CCC(OC(=O)c1ccccc1-c1nc2ccccc2s1)C(=O)Nc1nc(-c2ccc(Cl)cc2)cs1. The number of thiazole rings is 2. The Morgan fingerprint density at radius 1 is 1.00 bits per heavy atom. The standard InChI is InChI=1S/C27H20ClN3O3S2/c1-2-22(24(32)31-27-30-21(15-35-27)16-11-13-17(28)14-12-16)34-26(33)19-8-4-3-7-18(19)25-29-20-9-5-6-10-23(20)36-25/h3-15,22H,2H2,1H3,(H,30,31,32). The Labute approximate surface area is 220 Å². The first kappa shape index (κ1) is 24.1. The molecule has 3 aromatic carbocycles. The molecular formula is C27H20ClN3O3S2. The van der Waals surface area contributed by atoms with Gasteiger partial charge >= 0.3 is 5.97 Å². The van der Waals surface area contributed by atoms with Crippen molar-refractivity contribution < 1.29 is 14.3 Å². The monoisotopic (exact) mass is 533 g/mol. The maximum atomic E-state index is 13.1. The predicted molar refractivity (Wildman–Crippen MR) is 146 cm³/mol. The Morgan fingerprint density at radius 3 is 2.53 bits per heavy atom. The molecule has 0 aliphatic rings. The van der Waals surface area contributed by atoms with E-state index in [-0.39, 0.29) is 0 Å². The van der Waals surface area contributed by atoms with E-state index in [4.69, 9.17) is 16.3 Å². The average molecular weight is 534 g/mol. The molecule has 0 saturated heterocycles. The molecule has 0 radical (unpaired) electrons. The van der Waals surface area contributed by atoms with Crippen LogP contribution in [0.4, 0.5) is 5.13 Å². The van der Waals surface area contributed by atoms with E-state index in [1.807, 2.05) is 53.9 Å². The second-order valence-electron chi connectivity index (χ2n) is 7.87. The molecular weight excluding hydrogens is 514 g/mol. The number of nitrogens with one attached hydrogen (secondary N) is 1. The first-order chi connectivity index (χ1) is 17.5. The Morgan fingerprint density at radius 2 is 1.75 bits per heavy atom. The molecule has 0 spiro atoms. The molecule has 0 aliphatic heterocycles. The molecule has 1 amide bonds. The van der Waals surface area contributed by atoms with E-state index in [0.717, 1.165) is 26.5 Å². The van der Waals surface area contributed by atoms with Gasteiger partial charge in [-0.2, -0.15) is 0 Å². The number of carbonyl (C=O) groups excluding carboxylic acids is 2. The molecule has 1 N–H and O–H groups in total. The molecule has 9 heteroatoms. The quantitative estimate of drug-likeness (QED) is 0.222. The number of halogens is 1. The molecule has 6 nitrogen and oxygen atoms in total. The van der Waals surface area contributed by atoms with Crippen molar-refractivity contribution in [3.63, 3.8) is 0 Å². The van der Waals surface area contributed by atoms with Gasteiger partial charge in [0, 0.05) is 21.5 Å². The fourth-order valence-corrected chi connectivity index (χ4v) is 5.47. The molecule has 1 unspecified atom stereocenters. The highest BCUT2D eigenvalue weighted by molar-refractivity contribution is 7.21. The maximum Gasteiger partial charge on any atom is 0.339 e. The fraction of sp³-hybridized carbons (Fsp3) is 0.111. The van der Waals surface area contributed by atoms with Gasteiger partial charge < -0.3 is 4.74 Å². The molecule has 5 rings (SSSR count). The maximum absolute atomic E-state index is 13.1. The van der Waals surface area contributed by atoms with Gasteiger partial charge in [-0.05, 0) is 36.8 Å². The highest BCUT2D eigenvalue weighted by atomic mass is 35.5. The lowest BCUT2D eigenvalue weighted by molar-refractivity contribution is -0.124. The summed E-state index contributed by atoms with van der Waals surface area (Å²) in [6, 6.07) is 22.2. The predicted octanol–water partition coefficient (Wildman–Crippen LogP) is 7.31. The van der Waals surface area contributed by atoms with Gasteiger partial charge in [0.1, 0.15) is 5.01 Å². The van der Waals surface area contributed by atoms with E-state index in [9.17, 15) is 9.59 Å². The van der Waals surface area contributed by atoms with Gasteiger partial charge in [0.2, 0.25) is 0 Å². The van der Waals surface area contributed by atoms with Crippen LogP contribution < -0.4 is 5.32 Å². The van der Waals surface area contributed by atoms with E-state index in [0.29, 0.717) is 27.7 Å². The minimum atomic E-state index is -0.969. The zero-order valence-corrected chi connectivity index (χ0v) is 21.5. The number of para-hydroxylation sites is 1. The molecule has 5 aromatic rings. The minimum Gasteiger partial charge on any atom is -0.449 e. The van der Waals surface area contributed by atoms with Crippen LogP contribution >= 0.6 is 34.3 Å². The Bertz CT molecular complexity index is 1510. The number of ether oxygens (including phenoxy) is 1. The lowest BCUT2D eigenvalue weighted by Gasteiger charge is -2.16. The third-order valence-electron chi connectivity index (χ3n) is 5.46. The van der Waals surface area contributed by atoms with Gasteiger partial charge in [0.15, 0.2) is 11.2 Å². The summed E-state index contributed by atoms with van der Waals surface area (Å²) in [5.41, 5.74) is 3.52. The van der Waals surface area contributed by atoms with Gasteiger partial charge in [0.25, 0.3) is 5.91 Å². The molecule has 2 heterocycles. The van der Waals surface area contributed by atoms with Crippen molar-refractivity contribution in [2.24, 2.45) is 0 Å². The van der Waals surface area contributed by atoms with Crippen LogP contribution in [-0.4, -0.2) is 27.9 Å². The first-order valence-electron chi connectivity index (χ1n) is 11.2. The number of nitrogens with zero attached hydrogens (tertiary/aromatic N) is 2. The third kappa shape index (κ3) is 5.16. The van der Waals surface area contributed by atoms with Gasteiger partial charge in [-0.1, -0.05) is 61.0 Å². The summed E-state index contributed by atoms with van der Waals surface area (Å²) in [6.07, 6.45) is -0.653. The second-order valence-corrected chi connectivity index (χ2v) is 10.2. The average Bonchev–Trinajstić information content (AvgIpc) is 3.54. The highest BCUT2D eigenvalue weighted by Crippen LogP contribution is 2.32. The van der Waals surface area contributed by atoms with Crippen molar-refractivity contribution in [1.29, 1.82) is 0 Å². The highest BCUT2D eigenvalue weighted by Gasteiger charge is 2.25. The number of anilines is 1. The van der Waals surface area contributed by atoms with Crippen LogP contribution in [0.2, 0.25) is 5.02 Å². The Balaban J connectivity index is 1.31. The van der Waals surface area contributed by atoms with E-state index < -0.39 is 18.0 Å². The number of carbonyl (C=O) groups is 2. The van der Waals surface area contributed by atoms with Crippen LogP contribution in [0, 0.1) is 0 Å². The van der Waals surface area contributed by atoms with Crippen LogP contribution in [0.5, 0.6) is 0 Å². The van der Waals surface area contributed by atoms with Crippen molar-refractivity contribution >= 4 is 61.5 Å². The van der Waals surface area contributed by atoms with Crippen LogP contribution in [0.15, 0.2) is 78.2 Å². The summed E-state index contributed by atoms with van der Waals surface area (Å²) in [6.45, 7) is 1.79. The summed E-state index contributed by atoms with van der Waals surface area (Å²) in [7, 11) is 0. The van der Waals surface area contributed by atoms with Crippen LogP contribution in [0.1, 0.15) is 23.7 Å². The fourth-order valence-electron chi connectivity index (χ4n) is 3.62. The lowest BCUT2D eigenvalue weighted by Crippen LogP contribution is -2.32. The number of esters is 1. The molecule has 0 fully saturated rings. The molecule has 0 aliphatic carbocycles. The molecule has 2 aromatic heterocycles. The number of hydrogen-bond acceptors (Lipinski definition) is 7. The number of fused-ring (bicyclic) bond motifs is 1. The van der Waals surface area contributed by atoms with Crippen molar-refractivity contribution in [3.8, 4) is 21.8 Å². The van der Waals surface area contributed by atoms with Crippen LogP contribution in [0.3, 0.4) is 0 Å². The van der Waals surface area contributed by atoms with Crippen LogP contribution in [-0.2, 0) is 9.53 Å². The van der Waals surface area contributed by atoms with E-state index in [1.165, 1.54) is 22.7 Å². The number of amides is 1. The van der Waals surface area contributed by atoms with Gasteiger partial charge in [-0.3, -0.25) is 10.1 Å². The number of benzene rings is 3. The van der Waals surface area contributed by atoms with Crippen molar-refractivity contribution in [2.75, 3.05) is 5.32 Å². The largest absolute Gasteiger partial charge is 0.449 e. The number of aromatic nitrogens is 2. The lowest BCUT2D eigenvalue weighted by atomic mass is 10.1. The summed E-state index contributed by atoms with van der Waals surface area (Å²) < 4.78 is 6.68. The summed E-state index contributed by atoms with van der Waals surface area (Å²) >= 11 is 8.76. The van der Waals surface area contributed by atoms with Gasteiger partial charge in [0.05, 0.1) is 21.5 Å². The normalized spacial score (nSPS) is 11.8. The van der Waals surface area contributed by atoms with E-state index in [2.05, 4.69) is 15.3 Å². The number of rotatable bonds is 7. The smallest absolute Gasteiger partial charge is 0.339 e. The second kappa shape index (κ2) is 10.6. The molecule has 0 bridgehead atoms. The summed E-state index contributed by atoms with van der Waals surface area (Å²) in [4.78, 5) is 35.2. The van der Waals surface area contributed by atoms with Crippen molar-refractivity contribution in [3.05, 3.63) is 88.8 Å². The summed E-state index contributed by atoms with van der Waals surface area (Å²) in [5.74, 6) is -1.01. The molecule has 180 valence electrons. The Hall–Kier alpha value is -3.59. The summed E-state index contributed by atoms with van der Waals surface area (Å²) in [5, 5.41) is 6.40. The molecule has 1 atom stereocenters. The van der Waals surface area contributed by atoms with Crippen molar-refractivity contribution in [2.45, 2.75) is 19.4 Å². The Kier molecular flexibility index (Phi) is 7.09. The van der Waals surface area contributed by atoms with Gasteiger partial charge in [-0.15, -0.1) is 22.7 Å². The third-order valence-corrected chi connectivity index (χ3v) is 7.54. The zero-order valence-electron chi connectivity index (χ0n) is 19.1. The van der Waals surface area contributed by atoms with E-state index >= 15 is 0 Å². The first-order valence-corrected chi connectivity index (χ1v) is 13.3.